The average Bonchev–Trinajstić information content (AvgIpc) is 3.03. The van der Waals surface area contributed by atoms with E-state index in [4.69, 9.17) is 23.8 Å². The molecule has 0 radical (unpaired) electrons. The van der Waals surface area contributed by atoms with Crippen molar-refractivity contribution >= 4 is 41.5 Å². The molecule has 4 rings (SSSR count). The lowest BCUT2D eigenvalue weighted by molar-refractivity contribution is -0.122. The molecule has 27 heavy (non-hydrogen) atoms. The molecule has 0 saturated carbocycles. The number of H-pyrrole nitrogens is 1. The summed E-state index contributed by atoms with van der Waals surface area (Å²) in [6.45, 7) is 0.110. The first-order valence-corrected chi connectivity index (χ1v) is 10.3. The molecule has 8 heteroatoms. The van der Waals surface area contributed by atoms with Crippen molar-refractivity contribution < 1.29 is 4.79 Å². The number of thioether (sulfide) groups is 1. The number of amides is 1. The molecule has 1 aliphatic heterocycles. The molecular weight excluding hydrogens is 400 g/mol. The van der Waals surface area contributed by atoms with Crippen molar-refractivity contribution in [1.82, 2.24) is 20.1 Å². The van der Waals surface area contributed by atoms with Crippen LogP contribution in [0.1, 0.15) is 18.0 Å². The molecule has 1 aromatic heterocycles. The summed E-state index contributed by atoms with van der Waals surface area (Å²) in [5.41, 5.74) is 2.02. The molecule has 5 nitrogen and oxygen atoms in total. The summed E-state index contributed by atoms with van der Waals surface area (Å²) in [7, 11) is 0. The van der Waals surface area contributed by atoms with Crippen LogP contribution in [0.5, 0.6) is 0 Å². The molecule has 2 N–H and O–H groups in total. The first kappa shape index (κ1) is 18.3. The number of nitrogens with zero attached hydrogens (tertiary/aromatic N) is 2. The fraction of sp³-hybridized carbons (Fsp3) is 0.211. The number of carbonyl (C=O) groups is 1. The van der Waals surface area contributed by atoms with E-state index < -0.39 is 0 Å². The van der Waals surface area contributed by atoms with Crippen LogP contribution in [0.25, 0.3) is 11.4 Å². The lowest BCUT2D eigenvalue weighted by Gasteiger charge is -2.26. The van der Waals surface area contributed by atoms with Crippen LogP contribution in [0.2, 0.25) is 5.02 Å². The lowest BCUT2D eigenvalue weighted by Crippen LogP contribution is -2.33. The van der Waals surface area contributed by atoms with Crippen LogP contribution in [0.4, 0.5) is 0 Å². The number of aromatic nitrogens is 3. The Kier molecular flexibility index (Phi) is 5.33. The van der Waals surface area contributed by atoms with Gasteiger partial charge in [-0.2, -0.15) is 5.10 Å². The summed E-state index contributed by atoms with van der Waals surface area (Å²) >= 11 is 13.1. The van der Waals surface area contributed by atoms with Gasteiger partial charge in [0.05, 0.1) is 6.04 Å². The van der Waals surface area contributed by atoms with Gasteiger partial charge in [-0.1, -0.05) is 29.8 Å². The molecule has 1 unspecified atom stereocenters. The van der Waals surface area contributed by atoms with E-state index in [-0.39, 0.29) is 18.5 Å². The number of hydrogen-bond donors (Lipinski definition) is 2. The summed E-state index contributed by atoms with van der Waals surface area (Å²) in [6, 6.07) is 15.5. The number of fused-ring (bicyclic) bond motifs is 1. The Morgan fingerprint density at radius 2 is 2.07 bits per heavy atom. The van der Waals surface area contributed by atoms with E-state index in [1.165, 1.54) is 10.5 Å². The van der Waals surface area contributed by atoms with Crippen LogP contribution in [-0.2, 0) is 11.3 Å². The molecule has 1 atom stereocenters. The van der Waals surface area contributed by atoms with Gasteiger partial charge in [0.1, 0.15) is 6.54 Å². The molecule has 0 spiro atoms. The SMILES string of the molecule is O=C(Cn1c(-c2ccc(Cl)cc2)n[nH]c1=S)NC1CCSc2ccccc21. The second-order valence-electron chi connectivity index (χ2n) is 6.24. The van der Waals surface area contributed by atoms with Crippen molar-refractivity contribution in [3.63, 3.8) is 0 Å². The second kappa shape index (κ2) is 7.88. The van der Waals surface area contributed by atoms with E-state index in [9.17, 15) is 4.79 Å². The molecular formula is C19H17ClN4OS2. The molecule has 2 heterocycles. The van der Waals surface area contributed by atoms with Crippen LogP contribution < -0.4 is 5.32 Å². The first-order valence-electron chi connectivity index (χ1n) is 8.54. The van der Waals surface area contributed by atoms with Crippen molar-refractivity contribution in [2.45, 2.75) is 23.9 Å². The third-order valence-corrected chi connectivity index (χ3v) is 6.14. The monoisotopic (exact) mass is 416 g/mol. The predicted octanol–water partition coefficient (Wildman–Crippen LogP) is 4.61. The van der Waals surface area contributed by atoms with Crippen LogP contribution >= 0.6 is 35.6 Å². The number of carbonyl (C=O) groups excluding carboxylic acids is 1. The number of nitrogens with one attached hydrogen (secondary N) is 2. The number of benzene rings is 2. The van der Waals surface area contributed by atoms with Crippen LogP contribution in [0.15, 0.2) is 53.4 Å². The third kappa shape index (κ3) is 3.95. The normalized spacial score (nSPS) is 16.0. The Balaban J connectivity index is 1.54. The number of halogens is 1. The summed E-state index contributed by atoms with van der Waals surface area (Å²) in [6.07, 6.45) is 0.911. The minimum Gasteiger partial charge on any atom is -0.348 e. The van der Waals surface area contributed by atoms with Gasteiger partial charge in [0.15, 0.2) is 10.6 Å². The minimum absolute atomic E-state index is 0.0232. The van der Waals surface area contributed by atoms with Gasteiger partial charge >= 0.3 is 0 Å². The zero-order valence-corrected chi connectivity index (χ0v) is 16.7. The summed E-state index contributed by atoms with van der Waals surface area (Å²) in [4.78, 5) is 14.0. The van der Waals surface area contributed by atoms with Crippen LogP contribution in [-0.4, -0.2) is 26.4 Å². The maximum Gasteiger partial charge on any atom is 0.240 e. The van der Waals surface area contributed by atoms with E-state index in [1.54, 1.807) is 16.7 Å². The molecule has 0 bridgehead atoms. The Bertz CT molecular complexity index is 1030. The molecule has 138 valence electrons. The second-order valence-corrected chi connectivity index (χ2v) is 8.20. The standard InChI is InChI=1S/C19H17ClN4OS2/c20-13-7-5-12(6-8-13)18-22-23-19(26)24(18)11-17(25)21-15-9-10-27-16-4-2-1-3-14(15)16/h1-8,15H,9-11H2,(H,21,25)(H,23,26). The summed E-state index contributed by atoms with van der Waals surface area (Å²) in [5.74, 6) is 1.52. The van der Waals surface area contributed by atoms with Crippen molar-refractivity contribution in [2.75, 3.05) is 5.75 Å². The van der Waals surface area contributed by atoms with E-state index >= 15 is 0 Å². The van der Waals surface area contributed by atoms with Gasteiger partial charge in [-0.25, -0.2) is 0 Å². The van der Waals surface area contributed by atoms with Crippen molar-refractivity contribution in [1.29, 1.82) is 0 Å². The fourth-order valence-corrected chi connectivity index (χ4v) is 4.61. The topological polar surface area (TPSA) is 62.7 Å². The molecule has 0 aliphatic carbocycles. The van der Waals surface area contributed by atoms with Gasteiger partial charge in [-0.15, -0.1) is 11.8 Å². The van der Waals surface area contributed by atoms with Gasteiger partial charge in [0, 0.05) is 21.2 Å². The largest absolute Gasteiger partial charge is 0.348 e. The molecule has 1 amide bonds. The van der Waals surface area contributed by atoms with Crippen LogP contribution in [0.3, 0.4) is 0 Å². The summed E-state index contributed by atoms with van der Waals surface area (Å²) < 4.78 is 2.12. The van der Waals surface area contributed by atoms with Gasteiger partial charge in [-0.3, -0.25) is 14.5 Å². The smallest absolute Gasteiger partial charge is 0.240 e. The van der Waals surface area contributed by atoms with Gasteiger partial charge in [0.2, 0.25) is 5.91 Å². The summed E-state index contributed by atoms with van der Waals surface area (Å²) in [5, 5.41) is 10.8. The van der Waals surface area contributed by atoms with E-state index in [2.05, 4.69) is 27.6 Å². The Hall–Kier alpha value is -2.09. The van der Waals surface area contributed by atoms with Gasteiger partial charge < -0.3 is 5.32 Å². The first-order chi connectivity index (χ1) is 13.1. The van der Waals surface area contributed by atoms with Crippen molar-refractivity contribution in [2.24, 2.45) is 0 Å². The maximum absolute atomic E-state index is 12.7. The highest BCUT2D eigenvalue weighted by Gasteiger charge is 2.22. The fourth-order valence-electron chi connectivity index (χ4n) is 3.16. The minimum atomic E-state index is -0.0885. The molecule has 3 aromatic rings. The highest BCUT2D eigenvalue weighted by Crippen LogP contribution is 2.35. The Labute approximate surface area is 171 Å². The number of aromatic amines is 1. The van der Waals surface area contributed by atoms with Crippen molar-refractivity contribution in [3.05, 3.63) is 63.9 Å². The van der Waals surface area contributed by atoms with Crippen LogP contribution in [0, 0.1) is 4.77 Å². The molecule has 0 fully saturated rings. The third-order valence-electron chi connectivity index (χ3n) is 4.46. The average molecular weight is 417 g/mol. The zero-order chi connectivity index (χ0) is 18.8. The zero-order valence-electron chi connectivity index (χ0n) is 14.3. The highest BCUT2D eigenvalue weighted by molar-refractivity contribution is 7.99. The molecule has 0 saturated heterocycles. The number of rotatable bonds is 4. The predicted molar refractivity (Wildman–Crippen MR) is 111 cm³/mol. The van der Waals surface area contributed by atoms with Crippen molar-refractivity contribution in [3.8, 4) is 11.4 Å². The van der Waals surface area contributed by atoms with Gasteiger partial charge in [-0.05, 0) is 54.5 Å². The molecule has 2 aromatic carbocycles. The number of hydrogen-bond acceptors (Lipinski definition) is 4. The lowest BCUT2D eigenvalue weighted by atomic mass is 10.0. The maximum atomic E-state index is 12.7. The quantitative estimate of drug-likeness (QED) is 0.609. The van der Waals surface area contributed by atoms with E-state index in [0.29, 0.717) is 15.6 Å². The Morgan fingerprint density at radius 1 is 1.30 bits per heavy atom. The van der Waals surface area contributed by atoms with E-state index in [1.807, 2.05) is 36.0 Å². The van der Waals surface area contributed by atoms with E-state index in [0.717, 1.165) is 17.7 Å². The Morgan fingerprint density at radius 3 is 2.89 bits per heavy atom. The molecule has 1 aliphatic rings. The van der Waals surface area contributed by atoms with Gasteiger partial charge in [0.25, 0.3) is 0 Å². The highest BCUT2D eigenvalue weighted by atomic mass is 35.5.